The molecule has 0 saturated carbocycles. The van der Waals surface area contributed by atoms with Crippen LogP contribution in [0.1, 0.15) is 71.6 Å². The molecule has 2 heterocycles. The van der Waals surface area contributed by atoms with Crippen LogP contribution in [-0.2, 0) is 17.6 Å². The molecule has 4 heteroatoms. The predicted octanol–water partition coefficient (Wildman–Crippen LogP) is 4.29. The zero-order valence-electron chi connectivity index (χ0n) is 15.7. The highest BCUT2D eigenvalue weighted by atomic mass is 16.2. The fraction of sp³-hybridized carbons (Fsp3) is 0.435. The summed E-state index contributed by atoms with van der Waals surface area (Å²) in [4.78, 5) is 31.4. The molecule has 0 spiro atoms. The number of hydrogen-bond acceptors (Lipinski definition) is 3. The molecule has 0 unspecified atom stereocenters. The van der Waals surface area contributed by atoms with Crippen LogP contribution in [0.4, 0.5) is 0 Å². The van der Waals surface area contributed by atoms with E-state index in [0.29, 0.717) is 0 Å². The van der Waals surface area contributed by atoms with Crippen LogP contribution in [0.2, 0.25) is 0 Å². The van der Waals surface area contributed by atoms with Gasteiger partial charge in [-0.1, -0.05) is 12.1 Å². The number of likely N-dealkylation sites (tertiary alicyclic amines) is 1. The fourth-order valence-electron chi connectivity index (χ4n) is 4.41. The van der Waals surface area contributed by atoms with Crippen molar-refractivity contribution >= 4 is 11.7 Å². The fourth-order valence-corrected chi connectivity index (χ4v) is 4.41. The summed E-state index contributed by atoms with van der Waals surface area (Å²) in [5.74, 6) is 0.164. The minimum atomic E-state index is 0.0800. The van der Waals surface area contributed by atoms with Crippen LogP contribution in [0.25, 0.3) is 0 Å². The van der Waals surface area contributed by atoms with E-state index in [0.717, 1.165) is 43.4 Å². The number of nitrogens with zero attached hydrogens (tertiary/aromatic N) is 2. The van der Waals surface area contributed by atoms with E-state index < -0.39 is 0 Å². The standard InChI is InChI=1S/C23H26N2O2/c26-22(20-8-7-17-4-1-2-5-19(17)16-20)9-10-23(27)25-15-3-6-21(25)18-11-13-24-14-12-18/h7-8,11-14,16,21H,1-6,9-10,15H2/t21-/m0/s1. The van der Waals surface area contributed by atoms with Crippen LogP contribution >= 0.6 is 0 Å². The Morgan fingerprint density at radius 1 is 0.963 bits per heavy atom. The summed E-state index contributed by atoms with van der Waals surface area (Å²) >= 11 is 0. The van der Waals surface area contributed by atoms with Gasteiger partial charge in [0.05, 0.1) is 6.04 Å². The number of carbonyl (C=O) groups excluding carboxylic acids is 2. The first-order valence-corrected chi connectivity index (χ1v) is 10.1. The Hall–Kier alpha value is -2.49. The minimum absolute atomic E-state index is 0.0800. The molecule has 1 aromatic heterocycles. The third kappa shape index (κ3) is 3.95. The highest BCUT2D eigenvalue weighted by Gasteiger charge is 2.29. The molecule has 1 saturated heterocycles. The van der Waals surface area contributed by atoms with Gasteiger partial charge in [-0.05, 0) is 73.4 Å². The summed E-state index contributed by atoms with van der Waals surface area (Å²) in [6.07, 6.45) is 10.7. The lowest BCUT2D eigenvalue weighted by molar-refractivity contribution is -0.132. The molecular weight excluding hydrogens is 336 g/mol. The van der Waals surface area contributed by atoms with Gasteiger partial charge >= 0.3 is 0 Å². The highest BCUT2D eigenvalue weighted by molar-refractivity contribution is 5.98. The number of carbonyl (C=O) groups is 2. The molecule has 4 nitrogen and oxygen atoms in total. The molecule has 0 N–H and O–H groups in total. The molecular formula is C23H26N2O2. The number of amides is 1. The van der Waals surface area contributed by atoms with Crippen molar-refractivity contribution < 1.29 is 9.59 Å². The predicted molar refractivity (Wildman–Crippen MR) is 105 cm³/mol. The Morgan fingerprint density at radius 2 is 1.74 bits per heavy atom. The van der Waals surface area contributed by atoms with Crippen LogP contribution in [0.5, 0.6) is 0 Å². The zero-order valence-corrected chi connectivity index (χ0v) is 15.7. The van der Waals surface area contributed by atoms with E-state index in [1.54, 1.807) is 12.4 Å². The lowest BCUT2D eigenvalue weighted by Crippen LogP contribution is -2.30. The quantitative estimate of drug-likeness (QED) is 0.746. The number of hydrogen-bond donors (Lipinski definition) is 0. The van der Waals surface area contributed by atoms with Gasteiger partial charge in [0.15, 0.2) is 5.78 Å². The molecule has 27 heavy (non-hydrogen) atoms. The van der Waals surface area contributed by atoms with E-state index >= 15 is 0 Å². The van der Waals surface area contributed by atoms with E-state index in [2.05, 4.69) is 17.1 Å². The van der Waals surface area contributed by atoms with Gasteiger partial charge in [0, 0.05) is 37.3 Å². The average Bonchev–Trinajstić information content (AvgIpc) is 3.22. The molecule has 2 aromatic rings. The molecule has 1 atom stereocenters. The second-order valence-corrected chi connectivity index (χ2v) is 7.64. The molecule has 1 fully saturated rings. The summed E-state index contributed by atoms with van der Waals surface area (Å²) in [5, 5.41) is 0. The first kappa shape index (κ1) is 17.9. The van der Waals surface area contributed by atoms with Crippen LogP contribution < -0.4 is 0 Å². The lowest BCUT2D eigenvalue weighted by Gasteiger charge is -2.25. The van der Waals surface area contributed by atoms with Crippen molar-refractivity contribution in [1.82, 2.24) is 9.88 Å². The van der Waals surface area contributed by atoms with E-state index in [1.165, 1.54) is 24.0 Å². The Balaban J connectivity index is 1.38. The first-order chi connectivity index (χ1) is 13.2. The number of pyridine rings is 1. The topological polar surface area (TPSA) is 50.3 Å². The Labute approximate surface area is 160 Å². The first-order valence-electron chi connectivity index (χ1n) is 10.1. The van der Waals surface area contributed by atoms with Crippen LogP contribution in [-0.4, -0.2) is 28.1 Å². The molecule has 4 rings (SSSR count). The van der Waals surface area contributed by atoms with Gasteiger partial charge in [0.1, 0.15) is 0 Å². The number of aromatic nitrogens is 1. The van der Waals surface area contributed by atoms with Crippen LogP contribution in [0.3, 0.4) is 0 Å². The summed E-state index contributed by atoms with van der Waals surface area (Å²) in [6, 6.07) is 10.2. The summed E-state index contributed by atoms with van der Waals surface area (Å²) in [6.45, 7) is 0.777. The maximum Gasteiger partial charge on any atom is 0.223 e. The van der Waals surface area contributed by atoms with Crippen molar-refractivity contribution in [3.8, 4) is 0 Å². The Bertz CT molecular complexity index is 832. The van der Waals surface area contributed by atoms with E-state index in [9.17, 15) is 9.59 Å². The second-order valence-electron chi connectivity index (χ2n) is 7.64. The Morgan fingerprint density at radius 3 is 2.56 bits per heavy atom. The number of aryl methyl sites for hydroxylation is 2. The van der Waals surface area contributed by atoms with Gasteiger partial charge in [0.2, 0.25) is 5.91 Å². The average molecular weight is 362 g/mol. The molecule has 0 radical (unpaired) electrons. The number of rotatable bonds is 5. The summed E-state index contributed by atoms with van der Waals surface area (Å²) < 4.78 is 0. The van der Waals surface area contributed by atoms with Crippen LogP contribution in [0, 0.1) is 0 Å². The number of benzene rings is 1. The summed E-state index contributed by atoms with van der Waals surface area (Å²) in [5.41, 5.74) is 4.59. The van der Waals surface area contributed by atoms with Crippen molar-refractivity contribution in [2.45, 2.75) is 57.4 Å². The molecule has 1 aliphatic heterocycles. The smallest absolute Gasteiger partial charge is 0.223 e. The molecule has 0 bridgehead atoms. The highest BCUT2D eigenvalue weighted by Crippen LogP contribution is 2.32. The van der Waals surface area contributed by atoms with Crippen molar-refractivity contribution in [3.63, 3.8) is 0 Å². The van der Waals surface area contributed by atoms with E-state index in [-0.39, 0.29) is 30.6 Å². The van der Waals surface area contributed by atoms with Crippen molar-refractivity contribution in [2.75, 3.05) is 6.54 Å². The molecule has 1 amide bonds. The SMILES string of the molecule is O=C(CCC(=O)N1CCC[C@H]1c1ccncc1)c1ccc2c(c1)CCCC2. The molecule has 140 valence electrons. The van der Waals surface area contributed by atoms with Gasteiger partial charge in [-0.25, -0.2) is 0 Å². The largest absolute Gasteiger partial charge is 0.336 e. The molecule has 1 aromatic carbocycles. The maximum atomic E-state index is 12.8. The van der Waals surface area contributed by atoms with Crippen LogP contribution in [0.15, 0.2) is 42.7 Å². The lowest BCUT2D eigenvalue weighted by atomic mass is 9.89. The van der Waals surface area contributed by atoms with Gasteiger partial charge in [-0.3, -0.25) is 14.6 Å². The summed E-state index contributed by atoms with van der Waals surface area (Å²) in [7, 11) is 0. The van der Waals surface area contributed by atoms with Gasteiger partial charge in [0.25, 0.3) is 0 Å². The van der Waals surface area contributed by atoms with Gasteiger partial charge in [-0.2, -0.15) is 0 Å². The maximum absolute atomic E-state index is 12.8. The minimum Gasteiger partial charge on any atom is -0.336 e. The number of Topliss-reactive ketones (excluding diaryl/α,β-unsaturated/α-hetero) is 1. The monoisotopic (exact) mass is 362 g/mol. The van der Waals surface area contributed by atoms with Crippen molar-refractivity contribution in [3.05, 3.63) is 65.0 Å². The normalized spacial score (nSPS) is 19.0. The second kappa shape index (κ2) is 8.03. The van der Waals surface area contributed by atoms with E-state index in [1.807, 2.05) is 23.1 Å². The molecule has 1 aliphatic carbocycles. The third-order valence-electron chi connectivity index (χ3n) is 5.90. The van der Waals surface area contributed by atoms with Gasteiger partial charge < -0.3 is 4.90 Å². The Kier molecular flexibility index (Phi) is 5.33. The third-order valence-corrected chi connectivity index (χ3v) is 5.90. The van der Waals surface area contributed by atoms with E-state index in [4.69, 9.17) is 0 Å². The van der Waals surface area contributed by atoms with Crippen molar-refractivity contribution in [2.24, 2.45) is 0 Å². The van der Waals surface area contributed by atoms with Gasteiger partial charge in [-0.15, -0.1) is 0 Å². The number of fused-ring (bicyclic) bond motifs is 1. The number of ketones is 1. The van der Waals surface area contributed by atoms with Crippen molar-refractivity contribution in [1.29, 1.82) is 0 Å². The molecule has 2 aliphatic rings. The zero-order chi connectivity index (χ0) is 18.6.